The van der Waals surface area contributed by atoms with Gasteiger partial charge in [-0.2, -0.15) is 0 Å². The lowest BCUT2D eigenvalue weighted by Crippen LogP contribution is -2.30. The second-order valence-electron chi connectivity index (χ2n) is 8.79. The molecule has 0 heterocycles. The van der Waals surface area contributed by atoms with Crippen molar-refractivity contribution in [3.8, 4) is 0 Å². The van der Waals surface area contributed by atoms with E-state index in [2.05, 4.69) is 12.2 Å². The van der Waals surface area contributed by atoms with Crippen LogP contribution in [0.4, 0.5) is 0 Å². The third-order valence-corrected chi connectivity index (χ3v) is 6.79. The zero-order chi connectivity index (χ0) is 16.9. The van der Waals surface area contributed by atoms with Gasteiger partial charge in [0.15, 0.2) is 0 Å². The van der Waals surface area contributed by atoms with Crippen molar-refractivity contribution in [1.29, 1.82) is 0 Å². The summed E-state index contributed by atoms with van der Waals surface area (Å²) < 4.78 is 0. The molecular formula is C23H45N. The van der Waals surface area contributed by atoms with E-state index in [4.69, 9.17) is 0 Å². The highest BCUT2D eigenvalue weighted by Gasteiger charge is 2.24. The predicted molar refractivity (Wildman–Crippen MR) is 108 cm³/mol. The maximum absolute atomic E-state index is 3.93. The fraction of sp³-hybridized carbons (Fsp3) is 1.00. The minimum Gasteiger partial charge on any atom is -0.314 e. The van der Waals surface area contributed by atoms with Crippen LogP contribution >= 0.6 is 0 Å². The van der Waals surface area contributed by atoms with Gasteiger partial charge in [-0.3, -0.25) is 0 Å². The van der Waals surface area contributed by atoms with Gasteiger partial charge < -0.3 is 5.32 Å². The van der Waals surface area contributed by atoms with E-state index in [1.54, 1.807) is 12.8 Å². The van der Waals surface area contributed by atoms with Crippen molar-refractivity contribution in [1.82, 2.24) is 5.32 Å². The quantitative estimate of drug-likeness (QED) is 0.364. The molecule has 0 radical (unpaired) electrons. The summed E-state index contributed by atoms with van der Waals surface area (Å²) in [6, 6.07) is 0.822. The van der Waals surface area contributed by atoms with Crippen molar-refractivity contribution in [3.63, 3.8) is 0 Å². The van der Waals surface area contributed by atoms with Gasteiger partial charge in [-0.25, -0.2) is 0 Å². The van der Waals surface area contributed by atoms with Gasteiger partial charge in [0.05, 0.1) is 0 Å². The first-order valence-electron chi connectivity index (χ1n) is 11.6. The average molecular weight is 336 g/mol. The van der Waals surface area contributed by atoms with Crippen LogP contribution in [0.25, 0.3) is 0 Å². The van der Waals surface area contributed by atoms with Crippen molar-refractivity contribution >= 4 is 0 Å². The van der Waals surface area contributed by atoms with E-state index in [1.165, 1.54) is 109 Å². The van der Waals surface area contributed by atoms with Crippen LogP contribution in [0.1, 0.15) is 122 Å². The number of rotatable bonds is 8. The molecule has 0 saturated heterocycles. The van der Waals surface area contributed by atoms with E-state index in [9.17, 15) is 0 Å². The smallest absolute Gasteiger partial charge is 0.00671 e. The third kappa shape index (κ3) is 8.37. The van der Waals surface area contributed by atoms with E-state index in [0.717, 1.165) is 17.9 Å². The lowest BCUT2D eigenvalue weighted by atomic mass is 9.80. The molecular weight excluding hydrogens is 290 g/mol. The van der Waals surface area contributed by atoms with Gasteiger partial charge in [0, 0.05) is 6.04 Å². The molecule has 0 aromatic rings. The normalized spacial score (nSPS) is 27.9. The molecule has 2 saturated carbocycles. The Morgan fingerprint density at radius 3 is 1.88 bits per heavy atom. The molecule has 2 aliphatic rings. The lowest BCUT2D eigenvalue weighted by Gasteiger charge is -2.27. The van der Waals surface area contributed by atoms with Crippen LogP contribution in [0.2, 0.25) is 0 Å². The molecule has 0 aliphatic heterocycles. The van der Waals surface area contributed by atoms with Crippen LogP contribution in [0.3, 0.4) is 0 Å². The molecule has 2 fully saturated rings. The van der Waals surface area contributed by atoms with E-state index in [1.807, 2.05) is 0 Å². The Kier molecular flexibility index (Phi) is 11.2. The third-order valence-electron chi connectivity index (χ3n) is 6.79. The van der Waals surface area contributed by atoms with Crippen LogP contribution < -0.4 is 5.32 Å². The van der Waals surface area contributed by atoms with E-state index >= 15 is 0 Å². The van der Waals surface area contributed by atoms with Crippen LogP contribution in [-0.4, -0.2) is 12.6 Å². The van der Waals surface area contributed by atoms with Crippen LogP contribution in [-0.2, 0) is 0 Å². The summed E-state index contributed by atoms with van der Waals surface area (Å²) in [5.41, 5.74) is 0. The zero-order valence-electron chi connectivity index (χ0n) is 16.7. The molecule has 2 aliphatic carbocycles. The number of nitrogens with one attached hydrogen (secondary N) is 1. The first-order valence-corrected chi connectivity index (χ1v) is 11.6. The monoisotopic (exact) mass is 335 g/mol. The Bertz CT molecular complexity index is 280. The van der Waals surface area contributed by atoms with Gasteiger partial charge >= 0.3 is 0 Å². The van der Waals surface area contributed by atoms with Gasteiger partial charge in [-0.05, 0) is 44.1 Å². The van der Waals surface area contributed by atoms with Gasteiger partial charge in [0.25, 0.3) is 0 Å². The van der Waals surface area contributed by atoms with Crippen molar-refractivity contribution in [2.24, 2.45) is 11.8 Å². The van der Waals surface area contributed by atoms with E-state index < -0.39 is 0 Å². The Hall–Kier alpha value is -0.0400. The summed E-state index contributed by atoms with van der Waals surface area (Å²) in [5, 5.41) is 3.93. The van der Waals surface area contributed by atoms with E-state index in [-0.39, 0.29) is 0 Å². The minimum atomic E-state index is 0.822. The molecule has 0 spiro atoms. The Morgan fingerprint density at radius 1 is 0.583 bits per heavy atom. The lowest BCUT2D eigenvalue weighted by molar-refractivity contribution is 0.250. The highest BCUT2D eigenvalue weighted by Crippen LogP contribution is 2.36. The summed E-state index contributed by atoms with van der Waals surface area (Å²) in [6.07, 6.45) is 26.6. The fourth-order valence-corrected chi connectivity index (χ4v) is 5.17. The van der Waals surface area contributed by atoms with E-state index in [0.29, 0.717) is 0 Å². The van der Waals surface area contributed by atoms with Crippen molar-refractivity contribution in [3.05, 3.63) is 0 Å². The molecule has 2 atom stereocenters. The molecule has 0 aromatic carbocycles. The number of unbranched alkanes of at least 4 members (excludes halogenated alkanes) is 4. The molecule has 0 amide bonds. The number of hydrogen-bond acceptors (Lipinski definition) is 1. The Morgan fingerprint density at radius 2 is 1.17 bits per heavy atom. The Balaban J connectivity index is 1.69. The van der Waals surface area contributed by atoms with Crippen LogP contribution in [0.15, 0.2) is 0 Å². The summed E-state index contributed by atoms with van der Waals surface area (Å²) >= 11 is 0. The molecule has 0 bridgehead atoms. The van der Waals surface area contributed by atoms with Crippen molar-refractivity contribution in [2.45, 2.75) is 129 Å². The molecule has 2 rings (SSSR count). The summed E-state index contributed by atoms with van der Waals surface area (Å²) in [5.74, 6) is 2.12. The van der Waals surface area contributed by atoms with Gasteiger partial charge in [0.2, 0.25) is 0 Å². The maximum Gasteiger partial charge on any atom is 0.00671 e. The molecule has 2 unspecified atom stereocenters. The minimum absolute atomic E-state index is 0.822. The maximum atomic E-state index is 3.93. The molecule has 1 N–H and O–H groups in total. The average Bonchev–Trinajstić information content (AvgIpc) is 2.81. The van der Waals surface area contributed by atoms with Gasteiger partial charge in [-0.15, -0.1) is 0 Å². The van der Waals surface area contributed by atoms with Gasteiger partial charge in [-0.1, -0.05) is 96.8 Å². The Labute approximate surface area is 152 Å². The number of hydrogen-bond donors (Lipinski definition) is 1. The second-order valence-corrected chi connectivity index (χ2v) is 8.79. The summed E-state index contributed by atoms with van der Waals surface area (Å²) in [4.78, 5) is 0. The first-order chi connectivity index (χ1) is 11.9. The molecule has 0 aromatic heterocycles. The van der Waals surface area contributed by atoms with Crippen molar-refractivity contribution in [2.75, 3.05) is 6.54 Å². The standard InChI is InChI=1S/C23H45N/c1-2-3-4-7-13-20-24-23-17-12-8-11-16-22(18-19-23)21-14-9-5-6-10-15-21/h21-24H,2-20H2,1H3. The summed E-state index contributed by atoms with van der Waals surface area (Å²) in [6.45, 7) is 3.57. The topological polar surface area (TPSA) is 12.0 Å². The molecule has 142 valence electrons. The van der Waals surface area contributed by atoms with Crippen LogP contribution in [0.5, 0.6) is 0 Å². The largest absolute Gasteiger partial charge is 0.314 e. The highest BCUT2D eigenvalue weighted by molar-refractivity contribution is 4.78. The molecule has 1 nitrogen and oxygen atoms in total. The molecule has 1 heteroatoms. The van der Waals surface area contributed by atoms with Crippen LogP contribution in [0, 0.1) is 11.8 Å². The van der Waals surface area contributed by atoms with Gasteiger partial charge in [0.1, 0.15) is 0 Å². The molecule has 24 heavy (non-hydrogen) atoms. The summed E-state index contributed by atoms with van der Waals surface area (Å²) in [7, 11) is 0. The SMILES string of the molecule is CCCCCCCNC1CCCCCC(C2CCCCCC2)CC1. The van der Waals surface area contributed by atoms with Crippen molar-refractivity contribution < 1.29 is 0 Å². The first kappa shape index (κ1) is 20.3. The predicted octanol–water partition coefficient (Wildman–Crippen LogP) is 7.25. The zero-order valence-corrected chi connectivity index (χ0v) is 16.7. The fourth-order valence-electron chi connectivity index (χ4n) is 5.17. The second kappa shape index (κ2) is 13.2. The highest BCUT2D eigenvalue weighted by atomic mass is 14.9.